The largest absolute Gasteiger partial charge is 0.385 e. The Morgan fingerprint density at radius 2 is 2.11 bits per heavy atom. The van der Waals surface area contributed by atoms with Gasteiger partial charge in [0.05, 0.1) is 0 Å². The fraction of sp³-hybridized carbons (Fsp3) is 0.923. The molecule has 5 heteroatoms. The van der Waals surface area contributed by atoms with E-state index in [-0.39, 0.29) is 0 Å². The van der Waals surface area contributed by atoms with Gasteiger partial charge in [0.1, 0.15) is 0 Å². The molecule has 0 atom stereocenters. The Kier molecular flexibility index (Phi) is 7.05. The van der Waals surface area contributed by atoms with Gasteiger partial charge in [-0.3, -0.25) is 10.4 Å². The standard InChI is InChI=1S/C13H28N4O/c1-11(2)12-5-8-17(9-6-12)13(16-14)15-7-4-10-18-3/h11-12H,4-10,14H2,1-3H3,(H,15,16). The van der Waals surface area contributed by atoms with E-state index in [0.29, 0.717) is 0 Å². The summed E-state index contributed by atoms with van der Waals surface area (Å²) < 4.78 is 5.01. The number of aliphatic imine (C=N–C) groups is 1. The highest BCUT2D eigenvalue weighted by molar-refractivity contribution is 5.79. The Hall–Kier alpha value is -0.810. The minimum absolute atomic E-state index is 0.747. The molecule has 0 aromatic rings. The van der Waals surface area contributed by atoms with Crippen molar-refractivity contribution in [3.63, 3.8) is 0 Å². The normalized spacial score (nSPS) is 18.5. The predicted molar refractivity (Wildman–Crippen MR) is 75.3 cm³/mol. The first-order valence-corrected chi connectivity index (χ1v) is 6.94. The summed E-state index contributed by atoms with van der Waals surface area (Å²) >= 11 is 0. The Morgan fingerprint density at radius 1 is 1.44 bits per heavy atom. The second-order valence-electron chi connectivity index (χ2n) is 5.26. The number of nitrogens with zero attached hydrogens (tertiary/aromatic N) is 2. The van der Waals surface area contributed by atoms with Crippen LogP contribution in [0.3, 0.4) is 0 Å². The van der Waals surface area contributed by atoms with Gasteiger partial charge in [-0.15, -0.1) is 0 Å². The van der Waals surface area contributed by atoms with Crippen molar-refractivity contribution in [1.82, 2.24) is 10.3 Å². The Morgan fingerprint density at radius 3 is 2.61 bits per heavy atom. The van der Waals surface area contributed by atoms with E-state index >= 15 is 0 Å². The number of rotatable bonds is 5. The number of likely N-dealkylation sites (tertiary alicyclic amines) is 1. The van der Waals surface area contributed by atoms with Crippen molar-refractivity contribution in [3.8, 4) is 0 Å². The molecule has 18 heavy (non-hydrogen) atoms. The number of nitrogens with two attached hydrogens (primary N) is 1. The van der Waals surface area contributed by atoms with Crippen molar-refractivity contribution in [3.05, 3.63) is 0 Å². The number of hydrazine groups is 1. The maximum atomic E-state index is 5.56. The van der Waals surface area contributed by atoms with Crippen LogP contribution in [0.15, 0.2) is 4.99 Å². The number of nitrogens with one attached hydrogen (secondary N) is 1. The van der Waals surface area contributed by atoms with E-state index in [2.05, 4.69) is 29.2 Å². The van der Waals surface area contributed by atoms with E-state index in [1.54, 1.807) is 7.11 Å². The third-order valence-electron chi connectivity index (χ3n) is 3.68. The fourth-order valence-electron chi connectivity index (χ4n) is 2.41. The highest BCUT2D eigenvalue weighted by Gasteiger charge is 2.23. The number of ether oxygens (including phenoxy) is 1. The average molecular weight is 256 g/mol. The number of hydrogen-bond acceptors (Lipinski definition) is 3. The zero-order valence-electron chi connectivity index (χ0n) is 12.0. The van der Waals surface area contributed by atoms with E-state index in [0.717, 1.165) is 50.5 Å². The van der Waals surface area contributed by atoms with Gasteiger partial charge in [0.15, 0.2) is 0 Å². The van der Waals surface area contributed by atoms with Gasteiger partial charge in [-0.1, -0.05) is 13.8 Å². The van der Waals surface area contributed by atoms with Crippen LogP contribution in [-0.2, 0) is 4.74 Å². The van der Waals surface area contributed by atoms with Gasteiger partial charge in [-0.05, 0) is 31.1 Å². The summed E-state index contributed by atoms with van der Waals surface area (Å²) in [4.78, 5) is 6.76. The lowest BCUT2D eigenvalue weighted by Crippen LogP contribution is -2.48. The minimum atomic E-state index is 0.747. The molecule has 0 radical (unpaired) electrons. The van der Waals surface area contributed by atoms with Crippen LogP contribution in [0.5, 0.6) is 0 Å². The quantitative estimate of drug-likeness (QED) is 0.255. The molecule has 1 aliphatic rings. The molecule has 5 nitrogen and oxygen atoms in total. The predicted octanol–water partition coefficient (Wildman–Crippen LogP) is 1.21. The van der Waals surface area contributed by atoms with Gasteiger partial charge < -0.3 is 9.64 Å². The first kappa shape index (κ1) is 15.2. The Labute approximate surface area is 111 Å². The lowest BCUT2D eigenvalue weighted by Gasteiger charge is -2.35. The van der Waals surface area contributed by atoms with Gasteiger partial charge in [-0.25, -0.2) is 5.84 Å². The second-order valence-corrected chi connectivity index (χ2v) is 5.26. The molecular formula is C13H28N4O. The van der Waals surface area contributed by atoms with Gasteiger partial charge in [0.2, 0.25) is 5.96 Å². The van der Waals surface area contributed by atoms with Crippen LogP contribution < -0.4 is 11.3 Å². The first-order valence-electron chi connectivity index (χ1n) is 6.94. The molecule has 3 N–H and O–H groups in total. The van der Waals surface area contributed by atoms with Crippen LogP contribution in [0.4, 0.5) is 0 Å². The molecule has 0 amide bonds. The number of piperidine rings is 1. The SMILES string of the molecule is COCCCN=C(NN)N1CCC(C(C)C)CC1. The third-order valence-corrected chi connectivity index (χ3v) is 3.68. The summed E-state index contributed by atoms with van der Waals surface area (Å²) in [5.41, 5.74) is 2.73. The zero-order valence-corrected chi connectivity index (χ0v) is 12.0. The minimum Gasteiger partial charge on any atom is -0.385 e. The molecule has 1 rings (SSSR count). The molecule has 1 fully saturated rings. The van der Waals surface area contributed by atoms with Gasteiger partial charge >= 0.3 is 0 Å². The smallest absolute Gasteiger partial charge is 0.208 e. The lowest BCUT2D eigenvalue weighted by molar-refractivity contribution is 0.196. The molecule has 0 saturated carbocycles. The molecule has 0 unspecified atom stereocenters. The third kappa shape index (κ3) is 4.82. The van der Waals surface area contributed by atoms with E-state index < -0.39 is 0 Å². The van der Waals surface area contributed by atoms with Crippen molar-refractivity contribution in [1.29, 1.82) is 0 Å². The fourth-order valence-corrected chi connectivity index (χ4v) is 2.41. The van der Waals surface area contributed by atoms with Crippen LogP contribution in [0.2, 0.25) is 0 Å². The van der Waals surface area contributed by atoms with E-state index in [1.807, 2.05) is 0 Å². The summed E-state index contributed by atoms with van der Waals surface area (Å²) in [5.74, 6) is 8.01. The molecule has 106 valence electrons. The van der Waals surface area contributed by atoms with Crippen molar-refractivity contribution in [2.45, 2.75) is 33.1 Å². The Balaban J connectivity index is 2.37. The second kappa shape index (κ2) is 8.32. The summed E-state index contributed by atoms with van der Waals surface area (Å²) in [6.45, 7) is 8.23. The van der Waals surface area contributed by atoms with Crippen molar-refractivity contribution in [2.75, 3.05) is 33.4 Å². The number of hydrogen-bond donors (Lipinski definition) is 2. The van der Waals surface area contributed by atoms with Crippen LogP contribution in [0.25, 0.3) is 0 Å². The van der Waals surface area contributed by atoms with Crippen LogP contribution in [0, 0.1) is 11.8 Å². The molecule has 0 spiro atoms. The van der Waals surface area contributed by atoms with E-state index in [9.17, 15) is 0 Å². The van der Waals surface area contributed by atoms with Gasteiger partial charge in [0, 0.05) is 33.4 Å². The lowest BCUT2D eigenvalue weighted by atomic mass is 9.87. The van der Waals surface area contributed by atoms with E-state index in [1.165, 1.54) is 12.8 Å². The van der Waals surface area contributed by atoms with Gasteiger partial charge in [-0.2, -0.15) is 0 Å². The number of methoxy groups -OCH3 is 1. The molecule has 0 bridgehead atoms. The first-order chi connectivity index (χ1) is 8.69. The summed E-state index contributed by atoms with van der Waals surface area (Å²) in [6, 6.07) is 0. The molecule has 1 heterocycles. The van der Waals surface area contributed by atoms with Crippen molar-refractivity contribution >= 4 is 5.96 Å². The average Bonchev–Trinajstić information content (AvgIpc) is 2.39. The number of guanidine groups is 1. The van der Waals surface area contributed by atoms with E-state index in [4.69, 9.17) is 10.6 Å². The summed E-state index contributed by atoms with van der Waals surface area (Å²) in [7, 11) is 1.71. The van der Waals surface area contributed by atoms with Crippen LogP contribution in [-0.4, -0.2) is 44.2 Å². The molecule has 0 aromatic heterocycles. The highest BCUT2D eigenvalue weighted by Crippen LogP contribution is 2.24. The molecule has 0 aliphatic carbocycles. The maximum absolute atomic E-state index is 5.56. The molecule has 0 aromatic carbocycles. The molecular weight excluding hydrogens is 228 g/mol. The molecule has 1 saturated heterocycles. The van der Waals surface area contributed by atoms with Crippen molar-refractivity contribution in [2.24, 2.45) is 22.7 Å². The maximum Gasteiger partial charge on any atom is 0.208 e. The van der Waals surface area contributed by atoms with Crippen LogP contribution >= 0.6 is 0 Å². The topological polar surface area (TPSA) is 62.9 Å². The van der Waals surface area contributed by atoms with Gasteiger partial charge in [0.25, 0.3) is 0 Å². The molecule has 1 aliphatic heterocycles. The summed E-state index contributed by atoms with van der Waals surface area (Å²) in [6.07, 6.45) is 3.40. The zero-order chi connectivity index (χ0) is 13.4. The van der Waals surface area contributed by atoms with Crippen LogP contribution in [0.1, 0.15) is 33.1 Å². The van der Waals surface area contributed by atoms with Crippen molar-refractivity contribution < 1.29 is 4.74 Å². The monoisotopic (exact) mass is 256 g/mol. The highest BCUT2D eigenvalue weighted by atomic mass is 16.5. The Bertz CT molecular complexity index is 247. The summed E-state index contributed by atoms with van der Waals surface area (Å²) in [5, 5.41) is 0.